The molecule has 0 unspecified atom stereocenters. The number of rotatable bonds is 3. The summed E-state index contributed by atoms with van der Waals surface area (Å²) in [5.74, 6) is 0.550. The molecule has 0 fully saturated rings. The van der Waals surface area contributed by atoms with Crippen LogP contribution in [-0.4, -0.2) is 5.11 Å². The Hall–Kier alpha value is -0.830. The van der Waals surface area contributed by atoms with Gasteiger partial charge in [-0.2, -0.15) is 0 Å². The molecule has 0 aliphatic carbocycles. The molecule has 0 heterocycles. The van der Waals surface area contributed by atoms with Gasteiger partial charge in [-0.25, -0.2) is 0 Å². The van der Waals surface area contributed by atoms with Crippen LogP contribution in [0.1, 0.15) is 46.6 Å². The zero-order valence-electron chi connectivity index (χ0n) is 10.9. The summed E-state index contributed by atoms with van der Waals surface area (Å²) in [5.41, 5.74) is 1.15. The van der Waals surface area contributed by atoms with Gasteiger partial charge in [0.25, 0.3) is 0 Å². The molecular weight excluding hydrogens is 220 g/mol. The predicted molar refractivity (Wildman–Crippen MR) is 74.4 cm³/mol. The Bertz CT molecular complexity index is 262. The molecule has 1 aromatic carbocycles. The van der Waals surface area contributed by atoms with Gasteiger partial charge in [-0.15, -0.1) is 0 Å². The summed E-state index contributed by atoms with van der Waals surface area (Å²) < 4.78 is 4.68. The molecule has 0 saturated carbocycles. The molecule has 0 amide bonds. The van der Waals surface area contributed by atoms with Crippen LogP contribution in [0.5, 0.6) is 11.5 Å². The number of hydrogen-bond acceptors (Lipinski definition) is 3. The molecule has 1 N–H and O–H groups in total. The lowest BCUT2D eigenvalue weighted by Gasteiger charge is -2.03. The van der Waals surface area contributed by atoms with Crippen molar-refractivity contribution in [3.8, 4) is 11.5 Å². The first-order valence-corrected chi connectivity index (χ1v) is 6.27. The molecule has 2 nitrogen and oxygen atoms in total. The molecule has 1 aromatic rings. The maximum Gasteiger partial charge on any atom is 0.178 e. The highest BCUT2D eigenvalue weighted by Gasteiger charge is 2.01. The zero-order valence-corrected chi connectivity index (χ0v) is 11.8. The Morgan fingerprint density at radius 2 is 1.75 bits per heavy atom. The van der Waals surface area contributed by atoms with E-state index in [2.05, 4.69) is 24.0 Å². The Labute approximate surface area is 105 Å². The van der Waals surface area contributed by atoms with Crippen LogP contribution in [0.2, 0.25) is 0 Å². The molecule has 1 rings (SSSR count). The molecule has 0 saturated heterocycles. The minimum absolute atomic E-state index is 0.129. The van der Waals surface area contributed by atoms with Gasteiger partial charge in [0.05, 0.1) is 0 Å². The van der Waals surface area contributed by atoms with Crippen LogP contribution >= 0.6 is 12.9 Å². The molecule has 3 heteroatoms. The van der Waals surface area contributed by atoms with E-state index in [1.165, 1.54) is 0 Å². The van der Waals surface area contributed by atoms with Crippen LogP contribution in [0.25, 0.3) is 0 Å². The Kier molecular flexibility index (Phi) is 13.4. The second kappa shape index (κ2) is 12.2. The average Bonchev–Trinajstić information content (AvgIpc) is 2.37. The van der Waals surface area contributed by atoms with E-state index in [1.54, 1.807) is 12.1 Å². The van der Waals surface area contributed by atoms with E-state index in [1.807, 2.05) is 33.8 Å². The highest BCUT2D eigenvalue weighted by Crippen LogP contribution is 2.27. The molecule has 0 aliphatic rings. The monoisotopic (exact) mass is 244 g/mol. The summed E-state index contributed by atoms with van der Waals surface area (Å²) in [6.07, 6.45) is 2.07. The van der Waals surface area contributed by atoms with Crippen molar-refractivity contribution in [1.82, 2.24) is 0 Å². The van der Waals surface area contributed by atoms with E-state index in [9.17, 15) is 5.11 Å². The molecule has 0 aromatic heterocycles. The third-order valence-electron chi connectivity index (χ3n) is 1.66. The molecular formula is C13H24O2S. The highest BCUT2D eigenvalue weighted by atomic mass is 32.1. The molecule has 0 atom stereocenters. The van der Waals surface area contributed by atoms with Crippen molar-refractivity contribution in [3.05, 3.63) is 23.8 Å². The van der Waals surface area contributed by atoms with E-state index >= 15 is 0 Å². The summed E-state index contributed by atoms with van der Waals surface area (Å²) in [4.78, 5) is 0. The lowest BCUT2D eigenvalue weighted by Crippen LogP contribution is -1.84. The second-order valence-electron chi connectivity index (χ2n) is 2.64. The van der Waals surface area contributed by atoms with Crippen molar-refractivity contribution in [1.29, 1.82) is 0 Å². The summed E-state index contributed by atoms with van der Waals surface area (Å²) in [6.45, 7) is 10.1. The minimum Gasteiger partial charge on any atom is -0.504 e. The molecule has 0 radical (unpaired) electrons. The van der Waals surface area contributed by atoms with Crippen molar-refractivity contribution in [2.24, 2.45) is 0 Å². The third-order valence-corrected chi connectivity index (χ3v) is 1.86. The first kappa shape index (κ1) is 17.6. The number of phenols is 1. The first-order valence-electron chi connectivity index (χ1n) is 5.91. The largest absolute Gasteiger partial charge is 0.504 e. The number of phenolic OH excluding ortho intramolecular Hbond substituents is 1. The fourth-order valence-corrected chi connectivity index (χ4v) is 1.22. The van der Waals surface area contributed by atoms with Gasteiger partial charge in [-0.3, -0.25) is 0 Å². The fourth-order valence-electron chi connectivity index (χ4n) is 1.08. The van der Waals surface area contributed by atoms with Crippen molar-refractivity contribution >= 4 is 12.9 Å². The van der Waals surface area contributed by atoms with Gasteiger partial charge in [0.1, 0.15) is 0 Å². The third kappa shape index (κ3) is 6.62. The number of hydrogen-bond donors (Lipinski definition) is 2. The summed E-state index contributed by atoms with van der Waals surface area (Å²) >= 11 is 3.64. The molecule has 0 aliphatic heterocycles. The van der Waals surface area contributed by atoms with Gasteiger partial charge >= 0.3 is 0 Å². The van der Waals surface area contributed by atoms with E-state index in [-0.39, 0.29) is 5.75 Å². The van der Waals surface area contributed by atoms with Crippen LogP contribution < -0.4 is 4.18 Å². The van der Waals surface area contributed by atoms with E-state index in [4.69, 9.17) is 0 Å². The molecule has 94 valence electrons. The SMILES string of the molecule is CC.CC.CCCc1ccc(O)c(OS)c1. The lowest BCUT2D eigenvalue weighted by molar-refractivity contribution is 0.451. The fraction of sp³-hybridized carbons (Fsp3) is 0.538. The quantitative estimate of drug-likeness (QED) is 0.600. The second-order valence-corrected chi connectivity index (χ2v) is 2.83. The van der Waals surface area contributed by atoms with Gasteiger partial charge in [-0.05, 0) is 24.1 Å². The average molecular weight is 244 g/mol. The molecule has 0 spiro atoms. The van der Waals surface area contributed by atoms with Crippen molar-refractivity contribution in [3.63, 3.8) is 0 Å². The van der Waals surface area contributed by atoms with Crippen LogP contribution in [0.4, 0.5) is 0 Å². The van der Waals surface area contributed by atoms with Crippen molar-refractivity contribution in [2.75, 3.05) is 0 Å². The summed E-state index contributed by atoms with van der Waals surface area (Å²) in [7, 11) is 0. The topological polar surface area (TPSA) is 29.5 Å². The van der Waals surface area contributed by atoms with Gasteiger partial charge in [0, 0.05) is 12.9 Å². The summed E-state index contributed by atoms with van der Waals surface area (Å²) in [5, 5.41) is 9.23. The van der Waals surface area contributed by atoms with Crippen molar-refractivity contribution in [2.45, 2.75) is 47.5 Å². The normalized spacial score (nSPS) is 8.12. The van der Waals surface area contributed by atoms with Crippen LogP contribution in [-0.2, 0) is 6.42 Å². The van der Waals surface area contributed by atoms with E-state index < -0.39 is 0 Å². The minimum atomic E-state index is 0.129. The lowest BCUT2D eigenvalue weighted by atomic mass is 10.1. The van der Waals surface area contributed by atoms with Crippen LogP contribution in [0, 0.1) is 0 Å². The van der Waals surface area contributed by atoms with Gasteiger partial charge < -0.3 is 9.29 Å². The van der Waals surface area contributed by atoms with Gasteiger partial charge in [-0.1, -0.05) is 47.1 Å². The number of aromatic hydroxyl groups is 1. The molecule has 16 heavy (non-hydrogen) atoms. The number of benzene rings is 1. The predicted octanol–water partition coefficient (Wildman–Crippen LogP) is 4.62. The maximum atomic E-state index is 9.23. The van der Waals surface area contributed by atoms with E-state index in [0.29, 0.717) is 5.75 Å². The smallest absolute Gasteiger partial charge is 0.178 e. The maximum absolute atomic E-state index is 9.23. The Morgan fingerprint density at radius 3 is 2.19 bits per heavy atom. The highest BCUT2D eigenvalue weighted by molar-refractivity contribution is 7.75. The number of thiol groups is 1. The molecule has 0 bridgehead atoms. The van der Waals surface area contributed by atoms with Crippen LogP contribution in [0.15, 0.2) is 18.2 Å². The van der Waals surface area contributed by atoms with Gasteiger partial charge in [0.15, 0.2) is 11.5 Å². The number of aryl methyl sites for hydroxylation is 1. The summed E-state index contributed by atoms with van der Waals surface area (Å²) in [6, 6.07) is 5.30. The zero-order chi connectivity index (χ0) is 13.0. The Balaban J connectivity index is 0. The Morgan fingerprint density at radius 1 is 1.19 bits per heavy atom. The first-order chi connectivity index (χ1) is 7.77. The van der Waals surface area contributed by atoms with Crippen molar-refractivity contribution < 1.29 is 9.29 Å². The standard InChI is InChI=1S/C9H12O2S.2C2H6/c1-2-3-7-4-5-8(10)9(6-7)11-12;2*1-2/h4-6,10,12H,2-3H2,1H3;2*1-2H3. The van der Waals surface area contributed by atoms with Gasteiger partial charge in [0.2, 0.25) is 0 Å². The van der Waals surface area contributed by atoms with Crippen LogP contribution in [0.3, 0.4) is 0 Å². The van der Waals surface area contributed by atoms with E-state index in [0.717, 1.165) is 18.4 Å².